The molecule has 0 aliphatic carbocycles. The zero-order chi connectivity index (χ0) is 24.2. The monoisotopic (exact) mass is 458 g/mol. The van der Waals surface area contributed by atoms with Gasteiger partial charge < -0.3 is 21.3 Å². The average Bonchev–Trinajstić information content (AvgIpc) is 2.83. The smallest absolute Gasteiger partial charge is 0.243 e. The van der Waals surface area contributed by atoms with Gasteiger partial charge in [-0.2, -0.15) is 0 Å². The van der Waals surface area contributed by atoms with Crippen LogP contribution in [0.4, 0.5) is 22.7 Å². The molecule has 0 aromatic heterocycles. The zero-order valence-corrected chi connectivity index (χ0v) is 19.3. The van der Waals surface area contributed by atoms with Crippen molar-refractivity contribution in [2.75, 3.05) is 27.8 Å². The predicted octanol–water partition coefficient (Wildman–Crippen LogP) is 5.05. The van der Waals surface area contributed by atoms with Crippen LogP contribution in [0.25, 0.3) is 0 Å². The van der Waals surface area contributed by atoms with Crippen molar-refractivity contribution in [1.82, 2.24) is 0 Å². The number of carbonyl (C=O) groups excluding carboxylic acids is 3. The Kier molecular flexibility index (Phi) is 9.22. The molecule has 0 fully saturated rings. The Balaban J connectivity index is 1.43. The molecule has 3 rings (SSSR count). The van der Waals surface area contributed by atoms with Crippen molar-refractivity contribution < 1.29 is 14.4 Å². The summed E-state index contributed by atoms with van der Waals surface area (Å²) < 4.78 is 0. The van der Waals surface area contributed by atoms with Crippen LogP contribution in [0.15, 0.2) is 78.9 Å². The molecule has 0 unspecified atom stereocenters. The number of carbonyl (C=O) groups is 3. The van der Waals surface area contributed by atoms with Crippen molar-refractivity contribution in [3.63, 3.8) is 0 Å². The van der Waals surface area contributed by atoms with E-state index >= 15 is 0 Å². The fraction of sp³-hybridized carbons (Fsp3) is 0.222. The van der Waals surface area contributed by atoms with E-state index in [1.807, 2.05) is 37.3 Å². The summed E-state index contributed by atoms with van der Waals surface area (Å²) in [6.07, 6.45) is 2.33. The van der Waals surface area contributed by atoms with E-state index in [4.69, 9.17) is 0 Å². The molecule has 7 heteroatoms. The van der Waals surface area contributed by atoms with Crippen LogP contribution >= 0.6 is 0 Å². The van der Waals surface area contributed by atoms with Crippen molar-refractivity contribution in [2.24, 2.45) is 0 Å². The van der Waals surface area contributed by atoms with E-state index in [9.17, 15) is 14.4 Å². The molecule has 0 aliphatic heterocycles. The topological polar surface area (TPSA) is 99.3 Å². The van der Waals surface area contributed by atoms with Gasteiger partial charge in [0.2, 0.25) is 17.7 Å². The Hall–Kier alpha value is -4.13. The number of nitrogens with one attached hydrogen (secondary N) is 4. The van der Waals surface area contributed by atoms with Gasteiger partial charge >= 0.3 is 0 Å². The number of amides is 3. The van der Waals surface area contributed by atoms with Gasteiger partial charge in [-0.15, -0.1) is 0 Å². The first-order valence-corrected chi connectivity index (χ1v) is 11.4. The van der Waals surface area contributed by atoms with Crippen LogP contribution < -0.4 is 21.3 Å². The zero-order valence-electron chi connectivity index (χ0n) is 19.3. The summed E-state index contributed by atoms with van der Waals surface area (Å²) in [5, 5.41) is 11.6. The summed E-state index contributed by atoms with van der Waals surface area (Å²) in [7, 11) is 0. The molecule has 3 amide bonds. The molecule has 0 bridgehead atoms. The van der Waals surface area contributed by atoms with Gasteiger partial charge in [0.25, 0.3) is 0 Å². The van der Waals surface area contributed by atoms with Gasteiger partial charge in [-0.05, 0) is 60.9 Å². The molecule has 0 aliphatic rings. The SMILES string of the molecule is CCCC(=O)Nc1ccc(NCC(=O)Nc2cccc(NC(=O)CCc3ccccc3)c2)cc1. The van der Waals surface area contributed by atoms with Crippen molar-refractivity contribution >= 4 is 40.5 Å². The van der Waals surface area contributed by atoms with Crippen LogP contribution in [0.2, 0.25) is 0 Å². The highest BCUT2D eigenvalue weighted by atomic mass is 16.2. The van der Waals surface area contributed by atoms with Crippen LogP contribution in [0, 0.1) is 0 Å². The minimum absolute atomic E-state index is 0.0165. The molecule has 0 radical (unpaired) electrons. The molecular formula is C27H30N4O3. The van der Waals surface area contributed by atoms with Gasteiger partial charge in [-0.3, -0.25) is 14.4 Å². The molecule has 0 heterocycles. The first kappa shape index (κ1) is 24.5. The summed E-state index contributed by atoms with van der Waals surface area (Å²) in [5.41, 5.74) is 3.83. The summed E-state index contributed by atoms with van der Waals surface area (Å²) >= 11 is 0. The van der Waals surface area contributed by atoms with Gasteiger partial charge in [0.1, 0.15) is 0 Å². The normalized spacial score (nSPS) is 10.3. The lowest BCUT2D eigenvalue weighted by Crippen LogP contribution is -2.22. The molecule has 4 N–H and O–H groups in total. The highest BCUT2D eigenvalue weighted by Crippen LogP contribution is 2.17. The Bertz CT molecular complexity index is 1100. The predicted molar refractivity (Wildman–Crippen MR) is 137 cm³/mol. The summed E-state index contributed by atoms with van der Waals surface area (Å²) in [4.78, 5) is 36.3. The number of anilines is 4. The quantitative estimate of drug-likeness (QED) is 0.323. The summed E-state index contributed by atoms with van der Waals surface area (Å²) in [5.74, 6) is -0.312. The first-order valence-electron chi connectivity index (χ1n) is 11.4. The van der Waals surface area contributed by atoms with E-state index < -0.39 is 0 Å². The highest BCUT2D eigenvalue weighted by molar-refractivity contribution is 5.96. The van der Waals surface area contributed by atoms with E-state index in [1.54, 1.807) is 48.5 Å². The first-order chi connectivity index (χ1) is 16.5. The maximum absolute atomic E-state index is 12.3. The van der Waals surface area contributed by atoms with Gasteiger partial charge in [-0.25, -0.2) is 0 Å². The molecule has 0 atom stereocenters. The van der Waals surface area contributed by atoms with E-state index in [-0.39, 0.29) is 24.3 Å². The molecule has 3 aromatic rings. The van der Waals surface area contributed by atoms with Crippen LogP contribution in [-0.2, 0) is 20.8 Å². The Morgan fingerprint density at radius 2 is 1.21 bits per heavy atom. The second-order valence-corrected chi connectivity index (χ2v) is 7.89. The lowest BCUT2D eigenvalue weighted by molar-refractivity contribution is -0.117. The van der Waals surface area contributed by atoms with Gasteiger partial charge in [0.05, 0.1) is 6.54 Å². The van der Waals surface area contributed by atoms with Crippen LogP contribution in [-0.4, -0.2) is 24.3 Å². The third kappa shape index (κ3) is 8.43. The highest BCUT2D eigenvalue weighted by Gasteiger charge is 2.07. The van der Waals surface area contributed by atoms with Gasteiger partial charge in [0.15, 0.2) is 0 Å². The maximum atomic E-state index is 12.3. The van der Waals surface area contributed by atoms with Crippen LogP contribution in [0.3, 0.4) is 0 Å². The fourth-order valence-corrected chi connectivity index (χ4v) is 3.31. The van der Waals surface area contributed by atoms with Gasteiger partial charge in [0, 0.05) is 35.6 Å². The lowest BCUT2D eigenvalue weighted by atomic mass is 10.1. The molecule has 0 saturated heterocycles. The molecule has 0 spiro atoms. The summed E-state index contributed by atoms with van der Waals surface area (Å²) in [6, 6.07) is 24.1. The molecule has 34 heavy (non-hydrogen) atoms. The fourth-order valence-electron chi connectivity index (χ4n) is 3.31. The Labute approximate surface area is 200 Å². The number of hydrogen-bond acceptors (Lipinski definition) is 4. The largest absolute Gasteiger partial charge is 0.376 e. The molecule has 7 nitrogen and oxygen atoms in total. The maximum Gasteiger partial charge on any atom is 0.243 e. The van der Waals surface area contributed by atoms with Crippen LogP contribution in [0.1, 0.15) is 31.7 Å². The number of rotatable bonds is 11. The number of hydrogen-bond donors (Lipinski definition) is 4. The third-order valence-corrected chi connectivity index (χ3v) is 5.01. The van der Waals surface area contributed by atoms with Crippen molar-refractivity contribution in [2.45, 2.75) is 32.6 Å². The van der Waals surface area contributed by atoms with E-state index in [0.717, 1.165) is 23.4 Å². The Morgan fingerprint density at radius 1 is 0.618 bits per heavy atom. The third-order valence-electron chi connectivity index (χ3n) is 5.01. The Morgan fingerprint density at radius 3 is 1.88 bits per heavy atom. The van der Waals surface area contributed by atoms with Crippen LogP contribution in [0.5, 0.6) is 0 Å². The lowest BCUT2D eigenvalue weighted by Gasteiger charge is -2.11. The summed E-state index contributed by atoms with van der Waals surface area (Å²) in [6.45, 7) is 2.03. The molecule has 0 saturated carbocycles. The molecule has 3 aromatic carbocycles. The second-order valence-electron chi connectivity index (χ2n) is 7.89. The van der Waals surface area contributed by atoms with Crippen molar-refractivity contribution in [3.05, 3.63) is 84.4 Å². The van der Waals surface area contributed by atoms with Crippen molar-refractivity contribution in [1.29, 1.82) is 0 Å². The minimum Gasteiger partial charge on any atom is -0.376 e. The van der Waals surface area contributed by atoms with Crippen molar-refractivity contribution in [3.8, 4) is 0 Å². The number of benzene rings is 3. The minimum atomic E-state index is -0.215. The second kappa shape index (κ2) is 12.8. The standard InChI is InChI=1S/C27H30N4O3/c1-2-7-25(32)29-22-15-13-21(14-16-22)28-19-27(34)31-24-11-6-10-23(18-24)30-26(33)17-12-20-8-4-3-5-9-20/h3-6,8-11,13-16,18,28H,2,7,12,17,19H2,1H3,(H,29,32)(H,30,33)(H,31,34). The van der Waals surface area contributed by atoms with E-state index in [0.29, 0.717) is 30.6 Å². The number of aryl methyl sites for hydroxylation is 1. The molecular weight excluding hydrogens is 428 g/mol. The van der Waals surface area contributed by atoms with Gasteiger partial charge in [-0.1, -0.05) is 43.3 Å². The van der Waals surface area contributed by atoms with E-state index in [2.05, 4.69) is 21.3 Å². The average molecular weight is 459 g/mol. The molecule has 176 valence electrons. The van der Waals surface area contributed by atoms with E-state index in [1.165, 1.54) is 0 Å².